The third kappa shape index (κ3) is 4.56. The molecular weight excluding hydrogens is 244 g/mol. The number of thiocarbonyl (C=S) groups is 1. The SMILES string of the molecule is CCCCC(CC)CNc1nnccc1C(N)=S. The van der Waals surface area contributed by atoms with E-state index in [0.29, 0.717) is 16.7 Å². The van der Waals surface area contributed by atoms with Gasteiger partial charge in [0.1, 0.15) is 4.99 Å². The van der Waals surface area contributed by atoms with Crippen molar-refractivity contribution in [1.82, 2.24) is 10.2 Å². The first kappa shape index (κ1) is 14.8. The van der Waals surface area contributed by atoms with Crippen molar-refractivity contribution in [2.24, 2.45) is 11.7 Å². The number of nitrogens with zero attached hydrogens (tertiary/aromatic N) is 2. The van der Waals surface area contributed by atoms with E-state index >= 15 is 0 Å². The summed E-state index contributed by atoms with van der Waals surface area (Å²) in [5, 5.41) is 11.2. The minimum atomic E-state index is 0.356. The molecule has 0 saturated carbocycles. The van der Waals surface area contributed by atoms with Crippen molar-refractivity contribution < 1.29 is 0 Å². The fourth-order valence-corrected chi connectivity index (χ4v) is 2.01. The van der Waals surface area contributed by atoms with Crippen LogP contribution in [0.1, 0.15) is 45.1 Å². The standard InChI is InChI=1S/C13H22N4S/c1-3-5-6-10(4-2)9-15-13-11(12(14)18)7-8-16-17-13/h7-8,10H,3-6,9H2,1-2H3,(H2,14,18)(H,15,17). The topological polar surface area (TPSA) is 63.8 Å². The lowest BCUT2D eigenvalue weighted by molar-refractivity contribution is 0.472. The summed E-state index contributed by atoms with van der Waals surface area (Å²) in [7, 11) is 0. The zero-order valence-electron chi connectivity index (χ0n) is 11.1. The van der Waals surface area contributed by atoms with Gasteiger partial charge in [0.2, 0.25) is 0 Å². The number of hydrogen-bond acceptors (Lipinski definition) is 4. The number of nitrogens with two attached hydrogens (primary N) is 1. The monoisotopic (exact) mass is 266 g/mol. The fourth-order valence-electron chi connectivity index (χ4n) is 1.85. The molecule has 0 aliphatic carbocycles. The highest BCUT2D eigenvalue weighted by atomic mass is 32.1. The molecule has 1 aromatic rings. The van der Waals surface area contributed by atoms with Crippen LogP contribution in [0.3, 0.4) is 0 Å². The molecule has 1 heterocycles. The van der Waals surface area contributed by atoms with Gasteiger partial charge in [0, 0.05) is 6.54 Å². The second-order valence-electron chi connectivity index (χ2n) is 4.46. The van der Waals surface area contributed by atoms with E-state index in [1.165, 1.54) is 19.3 Å². The van der Waals surface area contributed by atoms with Crippen LogP contribution in [0, 0.1) is 5.92 Å². The largest absolute Gasteiger partial charge is 0.389 e. The summed E-state index contributed by atoms with van der Waals surface area (Å²) in [6, 6.07) is 1.80. The Kier molecular flexibility index (Phi) is 6.57. The summed E-state index contributed by atoms with van der Waals surface area (Å²) in [5.74, 6) is 1.35. The third-order valence-electron chi connectivity index (χ3n) is 3.09. The van der Waals surface area contributed by atoms with Crippen molar-refractivity contribution in [1.29, 1.82) is 0 Å². The van der Waals surface area contributed by atoms with E-state index in [4.69, 9.17) is 18.0 Å². The molecule has 18 heavy (non-hydrogen) atoms. The summed E-state index contributed by atoms with van der Waals surface area (Å²) in [5.41, 5.74) is 6.43. The lowest BCUT2D eigenvalue weighted by atomic mass is 9.99. The van der Waals surface area contributed by atoms with Crippen LogP contribution in [0.4, 0.5) is 5.82 Å². The number of aromatic nitrogens is 2. The molecule has 1 unspecified atom stereocenters. The lowest BCUT2D eigenvalue weighted by Crippen LogP contribution is -2.19. The van der Waals surface area contributed by atoms with E-state index in [0.717, 1.165) is 18.5 Å². The van der Waals surface area contributed by atoms with E-state index in [1.54, 1.807) is 12.3 Å². The van der Waals surface area contributed by atoms with Crippen LogP contribution < -0.4 is 11.1 Å². The highest BCUT2D eigenvalue weighted by Crippen LogP contribution is 2.15. The Balaban J connectivity index is 2.59. The van der Waals surface area contributed by atoms with Gasteiger partial charge in [-0.25, -0.2) is 0 Å². The second kappa shape index (κ2) is 7.97. The van der Waals surface area contributed by atoms with Crippen molar-refractivity contribution in [2.45, 2.75) is 39.5 Å². The zero-order valence-corrected chi connectivity index (χ0v) is 12.0. The van der Waals surface area contributed by atoms with Crippen LogP contribution in [0.15, 0.2) is 12.3 Å². The Labute approximate surface area is 114 Å². The van der Waals surface area contributed by atoms with Crippen molar-refractivity contribution in [3.05, 3.63) is 17.8 Å². The van der Waals surface area contributed by atoms with Crippen LogP contribution >= 0.6 is 12.2 Å². The van der Waals surface area contributed by atoms with Crippen molar-refractivity contribution >= 4 is 23.0 Å². The smallest absolute Gasteiger partial charge is 0.158 e. The third-order valence-corrected chi connectivity index (χ3v) is 3.31. The summed E-state index contributed by atoms with van der Waals surface area (Å²) in [6.45, 7) is 5.33. The molecular formula is C13H22N4S. The first-order chi connectivity index (χ1) is 8.69. The van der Waals surface area contributed by atoms with Gasteiger partial charge in [-0.2, -0.15) is 5.10 Å². The molecule has 1 atom stereocenters. The predicted molar refractivity (Wildman–Crippen MR) is 79.7 cm³/mol. The van der Waals surface area contributed by atoms with Gasteiger partial charge in [-0.15, -0.1) is 5.10 Å². The van der Waals surface area contributed by atoms with Crippen LogP contribution in [-0.2, 0) is 0 Å². The number of rotatable bonds is 8. The maximum absolute atomic E-state index is 5.66. The molecule has 100 valence electrons. The van der Waals surface area contributed by atoms with Gasteiger partial charge < -0.3 is 11.1 Å². The first-order valence-electron chi connectivity index (χ1n) is 6.54. The Morgan fingerprint density at radius 2 is 2.28 bits per heavy atom. The quantitative estimate of drug-likeness (QED) is 0.708. The number of nitrogens with one attached hydrogen (secondary N) is 1. The van der Waals surface area contributed by atoms with Gasteiger partial charge in [-0.1, -0.05) is 45.3 Å². The van der Waals surface area contributed by atoms with Crippen LogP contribution in [-0.4, -0.2) is 21.7 Å². The Morgan fingerprint density at radius 3 is 2.89 bits per heavy atom. The molecule has 0 aromatic carbocycles. The summed E-state index contributed by atoms with van der Waals surface area (Å²) in [6.07, 6.45) is 6.51. The maximum Gasteiger partial charge on any atom is 0.158 e. The predicted octanol–water partition coefficient (Wildman–Crippen LogP) is 2.74. The molecule has 4 nitrogen and oxygen atoms in total. The maximum atomic E-state index is 5.66. The van der Waals surface area contributed by atoms with Crippen LogP contribution in [0.25, 0.3) is 0 Å². The summed E-state index contributed by atoms with van der Waals surface area (Å²) in [4.78, 5) is 0.356. The second-order valence-corrected chi connectivity index (χ2v) is 4.89. The average Bonchev–Trinajstić information content (AvgIpc) is 2.39. The average molecular weight is 266 g/mol. The van der Waals surface area contributed by atoms with E-state index < -0.39 is 0 Å². The number of unbranched alkanes of at least 4 members (excludes halogenated alkanes) is 1. The Bertz CT molecular complexity index is 381. The molecule has 5 heteroatoms. The molecule has 0 fully saturated rings. The highest BCUT2D eigenvalue weighted by Gasteiger charge is 2.10. The fraction of sp³-hybridized carbons (Fsp3) is 0.615. The van der Waals surface area contributed by atoms with Gasteiger partial charge in [0.15, 0.2) is 5.82 Å². The van der Waals surface area contributed by atoms with Gasteiger partial charge in [-0.05, 0) is 18.4 Å². The highest BCUT2D eigenvalue weighted by molar-refractivity contribution is 7.80. The summed E-state index contributed by atoms with van der Waals surface area (Å²) >= 11 is 5.00. The zero-order chi connectivity index (χ0) is 13.4. The minimum absolute atomic E-state index is 0.356. The summed E-state index contributed by atoms with van der Waals surface area (Å²) < 4.78 is 0. The number of hydrogen-bond donors (Lipinski definition) is 2. The van der Waals surface area contributed by atoms with Crippen molar-refractivity contribution in [3.8, 4) is 0 Å². The normalized spacial score (nSPS) is 12.1. The van der Waals surface area contributed by atoms with Gasteiger partial charge in [0.25, 0.3) is 0 Å². The van der Waals surface area contributed by atoms with E-state index in [2.05, 4.69) is 29.4 Å². The molecule has 0 bridgehead atoms. The van der Waals surface area contributed by atoms with Crippen molar-refractivity contribution in [3.63, 3.8) is 0 Å². The minimum Gasteiger partial charge on any atom is -0.389 e. The lowest BCUT2D eigenvalue weighted by Gasteiger charge is -2.16. The Morgan fingerprint density at radius 1 is 1.50 bits per heavy atom. The van der Waals surface area contributed by atoms with E-state index in [-0.39, 0.29) is 0 Å². The van der Waals surface area contributed by atoms with E-state index in [9.17, 15) is 0 Å². The molecule has 0 aliphatic rings. The molecule has 0 aliphatic heterocycles. The van der Waals surface area contributed by atoms with Gasteiger partial charge in [0.05, 0.1) is 11.8 Å². The van der Waals surface area contributed by atoms with Crippen LogP contribution in [0.2, 0.25) is 0 Å². The first-order valence-corrected chi connectivity index (χ1v) is 6.95. The van der Waals surface area contributed by atoms with E-state index in [1.807, 2.05) is 0 Å². The molecule has 1 rings (SSSR count). The molecule has 0 spiro atoms. The molecule has 0 radical (unpaired) electrons. The molecule has 3 N–H and O–H groups in total. The molecule has 1 aromatic heterocycles. The molecule has 0 saturated heterocycles. The van der Waals surface area contributed by atoms with Gasteiger partial charge >= 0.3 is 0 Å². The Hall–Kier alpha value is -1.23. The van der Waals surface area contributed by atoms with Gasteiger partial charge in [-0.3, -0.25) is 0 Å². The molecule has 0 amide bonds. The van der Waals surface area contributed by atoms with Crippen molar-refractivity contribution in [2.75, 3.05) is 11.9 Å². The van der Waals surface area contributed by atoms with Crippen LogP contribution in [0.5, 0.6) is 0 Å². The number of anilines is 1.